The highest BCUT2D eigenvalue weighted by molar-refractivity contribution is 7.99. The lowest BCUT2D eigenvalue weighted by Gasteiger charge is -2.36. The Morgan fingerprint density at radius 1 is 0.865 bits per heavy atom. The molecule has 1 aliphatic heterocycles. The Labute approximate surface area is 304 Å². The number of rotatable bonds is 13. The van der Waals surface area contributed by atoms with Crippen LogP contribution in [0.4, 0.5) is 25.8 Å². The summed E-state index contributed by atoms with van der Waals surface area (Å²) in [6, 6.07) is 31.2. The Morgan fingerprint density at radius 2 is 1.48 bits per heavy atom. The maximum Gasteiger partial charge on any atom is 0.304 e. The molecule has 6 rings (SSSR count). The number of primary sulfonamides is 1. The van der Waals surface area contributed by atoms with E-state index in [1.165, 1.54) is 11.8 Å². The number of piperazine rings is 1. The van der Waals surface area contributed by atoms with Crippen molar-refractivity contribution < 1.29 is 26.9 Å². The molecule has 5 aromatic carbocycles. The Balaban J connectivity index is 1.21. The fraction of sp³-hybridized carbons (Fsp3) is 0.184. The molecule has 0 unspecified atom stereocenters. The van der Waals surface area contributed by atoms with E-state index in [1.54, 1.807) is 4.90 Å². The van der Waals surface area contributed by atoms with Crippen molar-refractivity contribution in [2.45, 2.75) is 16.3 Å². The number of thioether (sulfide) groups is 1. The molecule has 1 saturated heterocycles. The number of anilines is 2. The molecule has 268 valence electrons. The Bertz CT molecular complexity index is 2180. The second kappa shape index (κ2) is 16.0. The van der Waals surface area contributed by atoms with E-state index < -0.39 is 54.1 Å². The number of halogens is 2. The summed E-state index contributed by atoms with van der Waals surface area (Å²) in [5, 5.41) is 20.6. The number of hydrogen-bond donors (Lipinski definition) is 2. The Morgan fingerprint density at radius 3 is 2.12 bits per heavy atom. The third kappa shape index (κ3) is 8.31. The van der Waals surface area contributed by atoms with E-state index in [4.69, 9.17) is 5.14 Å². The smallest absolute Gasteiger partial charge is 0.304 e. The molecule has 0 aromatic heterocycles. The van der Waals surface area contributed by atoms with Crippen LogP contribution in [0.1, 0.15) is 21.5 Å². The van der Waals surface area contributed by atoms with Gasteiger partial charge in [-0.25, -0.2) is 22.3 Å². The molecule has 1 fully saturated rings. The molecule has 0 bridgehead atoms. The van der Waals surface area contributed by atoms with E-state index in [0.29, 0.717) is 38.5 Å². The molecule has 5 aromatic rings. The fourth-order valence-corrected chi connectivity index (χ4v) is 7.82. The van der Waals surface area contributed by atoms with Crippen molar-refractivity contribution in [3.05, 3.63) is 148 Å². The van der Waals surface area contributed by atoms with Crippen molar-refractivity contribution in [2.75, 3.05) is 48.7 Å². The van der Waals surface area contributed by atoms with Gasteiger partial charge in [0.15, 0.2) is 0 Å². The second-order valence-electron chi connectivity index (χ2n) is 12.1. The van der Waals surface area contributed by atoms with Crippen LogP contribution < -0.4 is 15.4 Å². The van der Waals surface area contributed by atoms with Crippen LogP contribution in [0.2, 0.25) is 0 Å². The molecule has 52 heavy (non-hydrogen) atoms. The Hall–Kier alpha value is -5.15. The standard InChI is InChI=1S/C38H35F2N5O5S2/c39-31-23-28(24-32(40)36(31)44-20-18-43(19-21-44)25-27-11-7-8-14-30(27)26-9-3-1-4-10-26)38(46)35-34(52(41,49)50)16-15-33(37(35)45(47)48)42-17-22-51-29-12-5-2-6-13-29/h1-16,23-24,42H,17-22,25H2,(H2,41,49,50). The van der Waals surface area contributed by atoms with Gasteiger partial charge in [-0.1, -0.05) is 72.8 Å². The van der Waals surface area contributed by atoms with Gasteiger partial charge in [0.2, 0.25) is 15.8 Å². The SMILES string of the molecule is NS(=O)(=O)c1ccc(NCCSc2ccccc2)c([N+](=O)[O-])c1C(=O)c1cc(F)c(N2CCN(Cc3ccccc3-c3ccccc3)CC2)c(F)c1. The van der Waals surface area contributed by atoms with Gasteiger partial charge in [0.05, 0.1) is 4.92 Å². The number of nitrogens with one attached hydrogen (secondary N) is 1. The summed E-state index contributed by atoms with van der Waals surface area (Å²) in [5.41, 5.74) is 0.500. The topological polar surface area (TPSA) is 139 Å². The number of carbonyl (C=O) groups is 1. The summed E-state index contributed by atoms with van der Waals surface area (Å²) in [4.78, 5) is 29.2. The van der Waals surface area contributed by atoms with Crippen molar-refractivity contribution in [1.29, 1.82) is 0 Å². The highest BCUT2D eigenvalue weighted by Gasteiger charge is 2.34. The van der Waals surface area contributed by atoms with Gasteiger partial charge in [0.25, 0.3) is 0 Å². The number of nitrogens with zero attached hydrogens (tertiary/aromatic N) is 3. The molecule has 0 spiro atoms. The van der Waals surface area contributed by atoms with E-state index in [9.17, 15) is 23.3 Å². The molecular formula is C38H35F2N5O5S2. The lowest BCUT2D eigenvalue weighted by Crippen LogP contribution is -2.46. The molecular weight excluding hydrogens is 709 g/mol. The predicted octanol–water partition coefficient (Wildman–Crippen LogP) is 6.94. The average molecular weight is 744 g/mol. The first kappa shape index (κ1) is 36.6. The van der Waals surface area contributed by atoms with Gasteiger partial charge in [0.1, 0.15) is 33.5 Å². The predicted molar refractivity (Wildman–Crippen MR) is 199 cm³/mol. The molecule has 1 heterocycles. The summed E-state index contributed by atoms with van der Waals surface area (Å²) in [6.07, 6.45) is 0. The lowest BCUT2D eigenvalue weighted by molar-refractivity contribution is -0.384. The van der Waals surface area contributed by atoms with Crippen molar-refractivity contribution >= 4 is 44.6 Å². The van der Waals surface area contributed by atoms with Crippen LogP contribution in [0.3, 0.4) is 0 Å². The summed E-state index contributed by atoms with van der Waals surface area (Å²) < 4.78 is 56.6. The monoisotopic (exact) mass is 743 g/mol. The molecule has 3 N–H and O–H groups in total. The quantitative estimate of drug-likeness (QED) is 0.0432. The number of ketones is 1. The van der Waals surface area contributed by atoms with Gasteiger partial charge in [0, 0.05) is 55.5 Å². The Kier molecular flexibility index (Phi) is 11.3. The molecule has 0 amide bonds. The maximum absolute atomic E-state index is 15.7. The van der Waals surface area contributed by atoms with Crippen LogP contribution in [0.25, 0.3) is 11.1 Å². The summed E-state index contributed by atoms with van der Waals surface area (Å²) in [5.74, 6) is -2.89. The van der Waals surface area contributed by atoms with E-state index in [2.05, 4.69) is 22.3 Å². The summed E-state index contributed by atoms with van der Waals surface area (Å²) in [6.45, 7) is 2.47. The number of nitrogens with two attached hydrogens (primary N) is 1. The zero-order chi connectivity index (χ0) is 36.8. The molecule has 0 radical (unpaired) electrons. The zero-order valence-corrected chi connectivity index (χ0v) is 29.5. The van der Waals surface area contributed by atoms with Gasteiger partial charge >= 0.3 is 5.69 Å². The number of nitro benzene ring substituents is 1. The molecule has 14 heteroatoms. The third-order valence-electron chi connectivity index (χ3n) is 8.75. The van der Waals surface area contributed by atoms with Crippen LogP contribution in [-0.4, -0.2) is 62.5 Å². The van der Waals surface area contributed by atoms with E-state index in [0.717, 1.165) is 45.9 Å². The minimum absolute atomic E-state index is 0.142. The molecule has 0 aliphatic carbocycles. The van der Waals surface area contributed by atoms with E-state index in [-0.39, 0.29) is 17.9 Å². The molecule has 0 atom stereocenters. The third-order valence-corrected chi connectivity index (χ3v) is 10.7. The number of hydrogen-bond acceptors (Lipinski definition) is 9. The second-order valence-corrected chi connectivity index (χ2v) is 14.8. The van der Waals surface area contributed by atoms with Crippen molar-refractivity contribution in [3.63, 3.8) is 0 Å². The largest absolute Gasteiger partial charge is 0.379 e. The van der Waals surface area contributed by atoms with Crippen LogP contribution in [0.15, 0.2) is 119 Å². The van der Waals surface area contributed by atoms with Crippen LogP contribution in [0.5, 0.6) is 0 Å². The number of nitro groups is 1. The van der Waals surface area contributed by atoms with Crippen LogP contribution in [0, 0.1) is 21.7 Å². The van der Waals surface area contributed by atoms with Crippen LogP contribution >= 0.6 is 11.8 Å². The summed E-state index contributed by atoms with van der Waals surface area (Å²) >= 11 is 1.48. The summed E-state index contributed by atoms with van der Waals surface area (Å²) in [7, 11) is -4.67. The first-order valence-corrected chi connectivity index (χ1v) is 18.9. The maximum atomic E-state index is 15.7. The van der Waals surface area contributed by atoms with E-state index >= 15 is 8.78 Å². The van der Waals surface area contributed by atoms with Gasteiger partial charge in [-0.2, -0.15) is 0 Å². The zero-order valence-electron chi connectivity index (χ0n) is 27.9. The molecule has 0 saturated carbocycles. The average Bonchev–Trinajstić information content (AvgIpc) is 3.13. The lowest BCUT2D eigenvalue weighted by atomic mass is 9.99. The van der Waals surface area contributed by atoms with Crippen molar-refractivity contribution in [2.24, 2.45) is 5.14 Å². The first-order valence-electron chi connectivity index (χ1n) is 16.4. The minimum atomic E-state index is -4.67. The minimum Gasteiger partial charge on any atom is -0.379 e. The van der Waals surface area contributed by atoms with Crippen molar-refractivity contribution in [3.8, 4) is 11.1 Å². The normalized spacial score (nSPS) is 13.6. The molecule has 1 aliphatic rings. The van der Waals surface area contributed by atoms with Gasteiger partial charge in [-0.15, -0.1) is 11.8 Å². The number of carbonyl (C=O) groups excluding carboxylic acids is 1. The highest BCUT2D eigenvalue weighted by atomic mass is 32.2. The first-order chi connectivity index (χ1) is 25.0. The van der Waals surface area contributed by atoms with Crippen LogP contribution in [-0.2, 0) is 16.6 Å². The van der Waals surface area contributed by atoms with Gasteiger partial charge < -0.3 is 10.2 Å². The van der Waals surface area contributed by atoms with Crippen molar-refractivity contribution in [1.82, 2.24) is 4.90 Å². The number of sulfonamides is 1. The fourth-order valence-electron chi connectivity index (χ4n) is 6.30. The highest BCUT2D eigenvalue weighted by Crippen LogP contribution is 2.37. The van der Waals surface area contributed by atoms with Gasteiger partial charge in [-0.3, -0.25) is 19.8 Å². The number of benzene rings is 5. The van der Waals surface area contributed by atoms with Gasteiger partial charge in [-0.05, 0) is 53.1 Å². The molecule has 10 nitrogen and oxygen atoms in total. The van der Waals surface area contributed by atoms with E-state index in [1.807, 2.05) is 72.8 Å².